The van der Waals surface area contributed by atoms with Gasteiger partial charge >= 0.3 is 0 Å². The van der Waals surface area contributed by atoms with E-state index in [0.717, 1.165) is 44.9 Å². The number of furan rings is 1. The summed E-state index contributed by atoms with van der Waals surface area (Å²) in [6.45, 7) is 8.54. The SMILES string of the molecule is C=CCN1CCCN(C(=O)c2ccc(Cn3cccn3)o2)CC1. The van der Waals surface area contributed by atoms with Crippen LogP contribution < -0.4 is 0 Å². The second-order valence-electron chi connectivity index (χ2n) is 5.70. The summed E-state index contributed by atoms with van der Waals surface area (Å²) in [5.74, 6) is 1.11. The van der Waals surface area contributed by atoms with E-state index in [1.54, 1.807) is 16.9 Å². The van der Waals surface area contributed by atoms with E-state index in [0.29, 0.717) is 12.3 Å². The predicted molar refractivity (Wildman–Crippen MR) is 87.2 cm³/mol. The molecule has 2 aromatic heterocycles. The first kappa shape index (κ1) is 15.6. The number of amides is 1. The van der Waals surface area contributed by atoms with E-state index >= 15 is 0 Å². The third-order valence-electron chi connectivity index (χ3n) is 4.01. The van der Waals surface area contributed by atoms with Crippen LogP contribution in [0.25, 0.3) is 0 Å². The van der Waals surface area contributed by atoms with Crippen molar-refractivity contribution in [2.45, 2.75) is 13.0 Å². The van der Waals surface area contributed by atoms with Gasteiger partial charge in [-0.3, -0.25) is 14.4 Å². The molecule has 1 amide bonds. The molecule has 122 valence electrons. The van der Waals surface area contributed by atoms with E-state index in [4.69, 9.17) is 4.42 Å². The van der Waals surface area contributed by atoms with Gasteiger partial charge in [0.05, 0.1) is 6.54 Å². The van der Waals surface area contributed by atoms with Gasteiger partial charge in [0.2, 0.25) is 0 Å². The molecule has 1 fully saturated rings. The monoisotopic (exact) mass is 314 g/mol. The maximum Gasteiger partial charge on any atom is 0.289 e. The molecule has 0 aliphatic carbocycles. The van der Waals surface area contributed by atoms with E-state index in [-0.39, 0.29) is 5.91 Å². The van der Waals surface area contributed by atoms with Crippen molar-refractivity contribution in [3.63, 3.8) is 0 Å². The Morgan fingerprint density at radius 3 is 3.00 bits per heavy atom. The van der Waals surface area contributed by atoms with Gasteiger partial charge in [0, 0.05) is 45.1 Å². The highest BCUT2D eigenvalue weighted by Gasteiger charge is 2.22. The molecular weight excluding hydrogens is 292 g/mol. The quantitative estimate of drug-likeness (QED) is 0.791. The molecule has 0 atom stereocenters. The van der Waals surface area contributed by atoms with E-state index in [2.05, 4.69) is 16.6 Å². The van der Waals surface area contributed by atoms with Crippen molar-refractivity contribution in [1.29, 1.82) is 0 Å². The fourth-order valence-electron chi connectivity index (χ4n) is 2.83. The molecule has 1 aliphatic rings. The highest BCUT2D eigenvalue weighted by Crippen LogP contribution is 2.14. The first-order valence-electron chi connectivity index (χ1n) is 7.95. The third kappa shape index (κ3) is 3.90. The number of hydrogen-bond acceptors (Lipinski definition) is 4. The van der Waals surface area contributed by atoms with Crippen LogP contribution in [-0.2, 0) is 6.54 Å². The summed E-state index contributed by atoms with van der Waals surface area (Å²) < 4.78 is 7.48. The van der Waals surface area contributed by atoms with Gasteiger partial charge in [-0.25, -0.2) is 0 Å². The number of carbonyl (C=O) groups is 1. The summed E-state index contributed by atoms with van der Waals surface area (Å²) in [6.07, 6.45) is 6.47. The highest BCUT2D eigenvalue weighted by molar-refractivity contribution is 5.91. The fourth-order valence-corrected chi connectivity index (χ4v) is 2.83. The highest BCUT2D eigenvalue weighted by atomic mass is 16.4. The van der Waals surface area contributed by atoms with Crippen molar-refractivity contribution in [2.24, 2.45) is 0 Å². The molecule has 3 heterocycles. The van der Waals surface area contributed by atoms with Gasteiger partial charge in [0.1, 0.15) is 5.76 Å². The summed E-state index contributed by atoms with van der Waals surface area (Å²) in [5, 5.41) is 4.14. The summed E-state index contributed by atoms with van der Waals surface area (Å²) in [5.41, 5.74) is 0. The smallest absolute Gasteiger partial charge is 0.289 e. The van der Waals surface area contributed by atoms with Crippen LogP contribution in [0, 0.1) is 0 Å². The Labute approximate surface area is 136 Å². The Bertz CT molecular complexity index is 647. The van der Waals surface area contributed by atoms with E-state index in [1.165, 1.54) is 0 Å². The van der Waals surface area contributed by atoms with E-state index in [9.17, 15) is 4.79 Å². The molecule has 0 radical (unpaired) electrons. The van der Waals surface area contributed by atoms with Crippen LogP contribution in [-0.4, -0.2) is 58.2 Å². The molecule has 6 heteroatoms. The molecule has 0 spiro atoms. The van der Waals surface area contributed by atoms with Gasteiger partial charge in [-0.05, 0) is 24.6 Å². The normalized spacial score (nSPS) is 16.3. The van der Waals surface area contributed by atoms with Crippen molar-refractivity contribution in [2.75, 3.05) is 32.7 Å². The molecule has 1 saturated heterocycles. The van der Waals surface area contributed by atoms with E-state index in [1.807, 2.05) is 29.3 Å². The number of carbonyl (C=O) groups excluding carboxylic acids is 1. The molecule has 0 saturated carbocycles. The Hall–Kier alpha value is -2.34. The Morgan fingerprint density at radius 2 is 2.22 bits per heavy atom. The van der Waals surface area contributed by atoms with Gasteiger partial charge in [0.15, 0.2) is 5.76 Å². The topological polar surface area (TPSA) is 54.5 Å². The van der Waals surface area contributed by atoms with Crippen LogP contribution >= 0.6 is 0 Å². The molecule has 2 aromatic rings. The zero-order valence-corrected chi connectivity index (χ0v) is 13.2. The lowest BCUT2D eigenvalue weighted by Gasteiger charge is -2.20. The molecule has 6 nitrogen and oxygen atoms in total. The number of nitrogens with zero attached hydrogens (tertiary/aromatic N) is 4. The fraction of sp³-hybridized carbons (Fsp3) is 0.412. The van der Waals surface area contributed by atoms with Gasteiger partial charge in [-0.2, -0.15) is 5.10 Å². The molecule has 1 aliphatic heterocycles. The van der Waals surface area contributed by atoms with Crippen molar-refractivity contribution in [3.05, 3.63) is 54.8 Å². The zero-order chi connectivity index (χ0) is 16.1. The molecule has 0 unspecified atom stereocenters. The Kier molecular flexibility index (Phi) is 4.92. The largest absolute Gasteiger partial charge is 0.454 e. The van der Waals surface area contributed by atoms with Crippen molar-refractivity contribution in [3.8, 4) is 0 Å². The summed E-state index contributed by atoms with van der Waals surface area (Å²) in [4.78, 5) is 16.8. The first-order valence-corrected chi connectivity index (χ1v) is 7.95. The number of aromatic nitrogens is 2. The van der Waals surface area contributed by atoms with Crippen LogP contribution in [0.5, 0.6) is 0 Å². The molecule has 0 aromatic carbocycles. The minimum Gasteiger partial charge on any atom is -0.454 e. The van der Waals surface area contributed by atoms with Gasteiger partial charge < -0.3 is 9.32 Å². The minimum atomic E-state index is -0.0304. The van der Waals surface area contributed by atoms with Crippen LogP contribution in [0.15, 0.2) is 47.7 Å². The second-order valence-corrected chi connectivity index (χ2v) is 5.70. The van der Waals surface area contributed by atoms with Crippen LogP contribution in [0.2, 0.25) is 0 Å². The summed E-state index contributed by atoms with van der Waals surface area (Å²) in [6, 6.07) is 5.46. The van der Waals surface area contributed by atoms with Gasteiger partial charge in [0.25, 0.3) is 5.91 Å². The maximum absolute atomic E-state index is 12.6. The van der Waals surface area contributed by atoms with Crippen molar-refractivity contribution < 1.29 is 9.21 Å². The molecule has 0 N–H and O–H groups in total. The Morgan fingerprint density at radius 1 is 1.30 bits per heavy atom. The number of hydrogen-bond donors (Lipinski definition) is 0. The van der Waals surface area contributed by atoms with Crippen LogP contribution in [0.1, 0.15) is 22.7 Å². The standard InChI is InChI=1S/C17H22N4O2/c1-2-8-19-9-4-10-20(13-12-19)17(22)16-6-5-15(23-16)14-21-11-3-7-18-21/h2-3,5-7,11H,1,4,8-10,12-14H2. The van der Waals surface area contributed by atoms with Gasteiger partial charge in [-0.15, -0.1) is 6.58 Å². The third-order valence-corrected chi connectivity index (χ3v) is 4.01. The molecule has 23 heavy (non-hydrogen) atoms. The van der Waals surface area contributed by atoms with E-state index < -0.39 is 0 Å². The molecular formula is C17H22N4O2. The Balaban J connectivity index is 1.61. The molecule has 3 rings (SSSR count). The summed E-state index contributed by atoms with van der Waals surface area (Å²) >= 11 is 0. The average molecular weight is 314 g/mol. The summed E-state index contributed by atoms with van der Waals surface area (Å²) in [7, 11) is 0. The van der Waals surface area contributed by atoms with Crippen LogP contribution in [0.3, 0.4) is 0 Å². The first-order chi connectivity index (χ1) is 11.3. The minimum absolute atomic E-state index is 0.0304. The van der Waals surface area contributed by atoms with Crippen molar-refractivity contribution >= 4 is 5.91 Å². The maximum atomic E-state index is 12.6. The van der Waals surface area contributed by atoms with Crippen LogP contribution in [0.4, 0.5) is 0 Å². The number of rotatable bonds is 5. The molecule has 0 bridgehead atoms. The lowest BCUT2D eigenvalue weighted by Crippen LogP contribution is -2.35. The second kappa shape index (κ2) is 7.28. The van der Waals surface area contributed by atoms with Gasteiger partial charge in [-0.1, -0.05) is 6.08 Å². The zero-order valence-electron chi connectivity index (χ0n) is 13.2. The average Bonchev–Trinajstić information content (AvgIpc) is 3.17. The predicted octanol–water partition coefficient (Wildman–Crippen LogP) is 1.86. The lowest BCUT2D eigenvalue weighted by atomic mass is 10.3. The van der Waals surface area contributed by atoms with Crippen molar-refractivity contribution in [1.82, 2.24) is 19.6 Å². The lowest BCUT2D eigenvalue weighted by molar-refractivity contribution is 0.0728.